The molecule has 0 fully saturated rings. The average molecular weight is 252 g/mol. The van der Waals surface area contributed by atoms with E-state index < -0.39 is 5.60 Å². The van der Waals surface area contributed by atoms with Crippen LogP contribution in [-0.2, 0) is 0 Å². The van der Waals surface area contributed by atoms with Crippen LogP contribution in [0.25, 0.3) is 0 Å². The van der Waals surface area contributed by atoms with Crippen molar-refractivity contribution < 1.29 is 5.11 Å². The Balaban J connectivity index is 3.17. The highest BCUT2D eigenvalue weighted by Gasteiger charge is 2.22. The normalized spacial score (nSPS) is 11.9. The lowest BCUT2D eigenvalue weighted by Gasteiger charge is -2.31. The minimum absolute atomic E-state index is 0.247. The van der Waals surface area contributed by atoms with Crippen LogP contribution in [0.1, 0.15) is 46.1 Å². The third-order valence-electron chi connectivity index (χ3n) is 2.73. The molecule has 18 heavy (non-hydrogen) atoms. The Labute approximate surface area is 109 Å². The molecule has 0 aliphatic heterocycles. The molecule has 0 aromatic carbocycles. The van der Waals surface area contributed by atoms with E-state index in [4.69, 9.17) is 5.73 Å². The van der Waals surface area contributed by atoms with Crippen LogP contribution in [0, 0.1) is 0 Å². The third-order valence-corrected chi connectivity index (χ3v) is 2.73. The summed E-state index contributed by atoms with van der Waals surface area (Å²) in [4.78, 5) is 10.4. The molecule has 0 saturated heterocycles. The number of hydrogen-bond donors (Lipinski definition) is 2. The molecule has 0 atom stereocenters. The molecular formula is C13H24N4O. The zero-order chi connectivity index (χ0) is 13.9. The third kappa shape index (κ3) is 3.57. The maximum atomic E-state index is 9.96. The number of rotatable bonds is 5. The fraction of sp³-hybridized carbons (Fsp3) is 0.692. The lowest BCUT2D eigenvalue weighted by molar-refractivity contribution is 0.0873. The van der Waals surface area contributed by atoms with E-state index in [9.17, 15) is 5.11 Å². The summed E-state index contributed by atoms with van der Waals surface area (Å²) in [7, 11) is 0. The monoisotopic (exact) mass is 252 g/mol. The quantitative estimate of drug-likeness (QED) is 0.835. The molecule has 0 radical (unpaired) electrons. The zero-order valence-corrected chi connectivity index (χ0v) is 11.9. The highest BCUT2D eigenvalue weighted by Crippen LogP contribution is 2.29. The minimum Gasteiger partial charge on any atom is -0.389 e. The number of nitrogens with zero attached hydrogens (tertiary/aromatic N) is 3. The lowest BCUT2D eigenvalue weighted by atomic mass is 10.0. The summed E-state index contributed by atoms with van der Waals surface area (Å²) in [6.45, 7) is 11.0. The van der Waals surface area contributed by atoms with Crippen molar-refractivity contribution in [2.24, 2.45) is 0 Å². The number of aliphatic hydroxyl groups is 1. The van der Waals surface area contributed by atoms with Crippen molar-refractivity contribution in [3.63, 3.8) is 0 Å². The average Bonchev–Trinajstić information content (AvgIpc) is 2.23. The molecule has 5 heteroatoms. The van der Waals surface area contributed by atoms with Crippen molar-refractivity contribution in [2.45, 2.75) is 46.1 Å². The first-order chi connectivity index (χ1) is 8.26. The summed E-state index contributed by atoms with van der Waals surface area (Å²) >= 11 is 0. The highest BCUT2D eigenvalue weighted by molar-refractivity contribution is 5.58. The Morgan fingerprint density at radius 1 is 1.39 bits per heavy atom. The fourth-order valence-corrected chi connectivity index (χ4v) is 2.01. The van der Waals surface area contributed by atoms with Gasteiger partial charge in [0.1, 0.15) is 18.0 Å². The van der Waals surface area contributed by atoms with Gasteiger partial charge in [0.15, 0.2) is 0 Å². The molecule has 0 aliphatic rings. The van der Waals surface area contributed by atoms with Crippen LogP contribution in [0.3, 0.4) is 0 Å². The summed E-state index contributed by atoms with van der Waals surface area (Å²) in [5.41, 5.74) is 6.11. The highest BCUT2D eigenvalue weighted by atomic mass is 16.3. The zero-order valence-electron chi connectivity index (χ0n) is 11.9. The van der Waals surface area contributed by atoms with Crippen LogP contribution in [0.15, 0.2) is 6.33 Å². The van der Waals surface area contributed by atoms with Gasteiger partial charge in [-0.05, 0) is 26.7 Å². The van der Waals surface area contributed by atoms with Crippen LogP contribution < -0.4 is 10.6 Å². The molecule has 0 spiro atoms. The Bertz CT molecular complexity index is 398. The van der Waals surface area contributed by atoms with Gasteiger partial charge in [-0.25, -0.2) is 9.97 Å². The first-order valence-electron chi connectivity index (χ1n) is 6.34. The van der Waals surface area contributed by atoms with Crippen molar-refractivity contribution in [2.75, 3.05) is 23.7 Å². The van der Waals surface area contributed by atoms with Gasteiger partial charge in [0.05, 0.1) is 5.60 Å². The summed E-state index contributed by atoms with van der Waals surface area (Å²) in [6, 6.07) is 0. The van der Waals surface area contributed by atoms with E-state index in [0.717, 1.165) is 17.9 Å². The molecule has 1 aromatic rings. The van der Waals surface area contributed by atoms with Crippen molar-refractivity contribution in [3.05, 3.63) is 11.9 Å². The summed E-state index contributed by atoms with van der Waals surface area (Å²) in [5, 5.41) is 9.96. The van der Waals surface area contributed by atoms with Gasteiger partial charge >= 0.3 is 0 Å². The molecule has 1 aromatic heterocycles. The predicted molar refractivity (Wildman–Crippen MR) is 74.7 cm³/mol. The first kappa shape index (κ1) is 14.7. The van der Waals surface area contributed by atoms with Gasteiger partial charge in [0, 0.05) is 18.7 Å². The minimum atomic E-state index is -0.774. The van der Waals surface area contributed by atoms with Crippen LogP contribution in [0.5, 0.6) is 0 Å². The number of hydrogen-bond acceptors (Lipinski definition) is 5. The van der Waals surface area contributed by atoms with Crippen molar-refractivity contribution in [1.82, 2.24) is 9.97 Å². The Morgan fingerprint density at radius 3 is 2.44 bits per heavy atom. The van der Waals surface area contributed by atoms with Crippen molar-refractivity contribution in [3.8, 4) is 0 Å². The van der Waals surface area contributed by atoms with E-state index >= 15 is 0 Å². The van der Waals surface area contributed by atoms with Gasteiger partial charge in [0.25, 0.3) is 0 Å². The van der Waals surface area contributed by atoms with Crippen LogP contribution in [0.2, 0.25) is 0 Å². The number of aromatic nitrogens is 2. The Hall–Kier alpha value is -1.36. The number of nitrogen functional groups attached to an aromatic ring is 1. The van der Waals surface area contributed by atoms with E-state index in [1.54, 1.807) is 13.8 Å². The molecule has 0 aliphatic carbocycles. The molecule has 0 bridgehead atoms. The van der Waals surface area contributed by atoms with Gasteiger partial charge < -0.3 is 15.7 Å². The number of likely N-dealkylation sites (N-methyl/N-ethyl adjacent to an activating group) is 1. The van der Waals surface area contributed by atoms with E-state index in [0.29, 0.717) is 12.4 Å². The van der Waals surface area contributed by atoms with Gasteiger partial charge in [-0.1, -0.05) is 13.8 Å². The van der Waals surface area contributed by atoms with Gasteiger partial charge in [0.2, 0.25) is 0 Å². The van der Waals surface area contributed by atoms with Gasteiger partial charge in [-0.3, -0.25) is 0 Å². The molecular weight excluding hydrogens is 228 g/mol. The molecule has 3 N–H and O–H groups in total. The predicted octanol–water partition coefficient (Wildman–Crippen LogP) is 1.78. The maximum absolute atomic E-state index is 9.96. The van der Waals surface area contributed by atoms with Crippen LogP contribution in [-0.4, -0.2) is 33.8 Å². The van der Waals surface area contributed by atoms with Crippen molar-refractivity contribution in [1.29, 1.82) is 0 Å². The Kier molecular flexibility index (Phi) is 4.51. The van der Waals surface area contributed by atoms with Crippen LogP contribution >= 0.6 is 0 Å². The largest absolute Gasteiger partial charge is 0.389 e. The first-order valence-corrected chi connectivity index (χ1v) is 6.34. The second-order valence-corrected chi connectivity index (χ2v) is 5.48. The second kappa shape index (κ2) is 5.52. The molecule has 0 unspecified atom stereocenters. The van der Waals surface area contributed by atoms with E-state index in [1.165, 1.54) is 6.33 Å². The topological polar surface area (TPSA) is 75.3 Å². The number of nitrogens with two attached hydrogens (primary N) is 1. The van der Waals surface area contributed by atoms with Gasteiger partial charge in [-0.2, -0.15) is 0 Å². The molecule has 0 saturated carbocycles. The van der Waals surface area contributed by atoms with Gasteiger partial charge in [-0.15, -0.1) is 0 Å². The van der Waals surface area contributed by atoms with E-state index in [2.05, 4.69) is 23.8 Å². The standard InChI is InChI=1S/C13H24N4O/c1-6-17(7-13(4,5)18)12-10(9(2)3)11(14)15-8-16-12/h8-9,18H,6-7H2,1-5H3,(H2,14,15,16). The molecule has 102 valence electrons. The maximum Gasteiger partial charge on any atom is 0.137 e. The second-order valence-electron chi connectivity index (χ2n) is 5.48. The molecule has 5 nitrogen and oxygen atoms in total. The van der Waals surface area contributed by atoms with E-state index in [-0.39, 0.29) is 5.92 Å². The summed E-state index contributed by atoms with van der Waals surface area (Å²) < 4.78 is 0. The summed E-state index contributed by atoms with van der Waals surface area (Å²) in [5.74, 6) is 1.59. The Morgan fingerprint density at radius 2 is 2.00 bits per heavy atom. The molecule has 0 amide bonds. The summed E-state index contributed by atoms with van der Waals surface area (Å²) in [6.07, 6.45) is 1.48. The molecule has 1 rings (SSSR count). The molecule has 1 heterocycles. The van der Waals surface area contributed by atoms with E-state index in [1.807, 2.05) is 11.8 Å². The smallest absolute Gasteiger partial charge is 0.137 e. The number of anilines is 2. The van der Waals surface area contributed by atoms with Crippen LogP contribution in [0.4, 0.5) is 11.6 Å². The lowest BCUT2D eigenvalue weighted by Crippen LogP contribution is -2.39. The SMILES string of the molecule is CCN(CC(C)(C)O)c1ncnc(N)c1C(C)C. The fourth-order valence-electron chi connectivity index (χ4n) is 2.01. The van der Waals surface area contributed by atoms with Crippen molar-refractivity contribution >= 4 is 11.6 Å².